The van der Waals surface area contributed by atoms with Gasteiger partial charge in [-0.05, 0) is 13.0 Å². The lowest BCUT2D eigenvalue weighted by Crippen LogP contribution is -2.09. The number of halogens is 1. The second kappa shape index (κ2) is 4.58. The molecule has 0 saturated carbocycles. The highest BCUT2D eigenvalue weighted by Gasteiger charge is 2.16. The summed E-state index contributed by atoms with van der Waals surface area (Å²) in [5.41, 5.74) is 0.00877. The molecule has 0 bridgehead atoms. The maximum absolute atomic E-state index is 11.3. The summed E-state index contributed by atoms with van der Waals surface area (Å²) >= 11 is 5.70. The Kier molecular flexibility index (Phi) is 3.43. The van der Waals surface area contributed by atoms with Crippen LogP contribution in [0.3, 0.4) is 0 Å². The first-order chi connectivity index (χ1) is 6.70. The Hall–Kier alpha value is -1.60. The maximum Gasteiger partial charge on any atom is 0.358 e. The van der Waals surface area contributed by atoms with Crippen molar-refractivity contribution in [2.45, 2.75) is 6.92 Å². The number of rotatable bonds is 2. The number of carbonyl (C=O) groups excluding carboxylic acids is 1. The Morgan fingerprint density at radius 1 is 1.79 bits per heavy atom. The first-order valence-electron chi connectivity index (χ1n) is 3.92. The van der Waals surface area contributed by atoms with Gasteiger partial charge in [0.15, 0.2) is 5.69 Å². The van der Waals surface area contributed by atoms with Gasteiger partial charge in [0, 0.05) is 6.20 Å². The molecule has 0 fully saturated rings. The molecule has 0 spiro atoms. The summed E-state index contributed by atoms with van der Waals surface area (Å²) in [6.45, 7) is 1.91. The number of ether oxygens (including phenoxy) is 1. The van der Waals surface area contributed by atoms with Gasteiger partial charge in [0.1, 0.15) is 11.6 Å². The average molecular weight is 211 g/mol. The smallest absolute Gasteiger partial charge is 0.358 e. The Labute approximate surface area is 86.1 Å². The molecular weight excluding hydrogens is 204 g/mol. The van der Waals surface area contributed by atoms with Crippen LogP contribution in [0.2, 0.25) is 5.02 Å². The number of aromatic nitrogens is 1. The van der Waals surface area contributed by atoms with E-state index in [0.717, 1.165) is 0 Å². The number of nitrogens with zero attached hydrogens (tertiary/aromatic N) is 2. The van der Waals surface area contributed by atoms with Crippen LogP contribution in [0.15, 0.2) is 12.3 Å². The van der Waals surface area contributed by atoms with Crippen molar-refractivity contribution in [3.05, 3.63) is 28.5 Å². The van der Waals surface area contributed by atoms with Crippen molar-refractivity contribution in [1.29, 1.82) is 5.26 Å². The highest BCUT2D eigenvalue weighted by Crippen LogP contribution is 2.17. The molecule has 4 nitrogen and oxygen atoms in total. The molecule has 0 saturated heterocycles. The van der Waals surface area contributed by atoms with Gasteiger partial charge >= 0.3 is 5.97 Å². The van der Waals surface area contributed by atoms with Gasteiger partial charge in [-0.1, -0.05) is 11.6 Å². The van der Waals surface area contributed by atoms with Gasteiger partial charge in [0.05, 0.1) is 11.6 Å². The van der Waals surface area contributed by atoms with E-state index >= 15 is 0 Å². The van der Waals surface area contributed by atoms with Crippen LogP contribution >= 0.6 is 11.6 Å². The van der Waals surface area contributed by atoms with Crippen LogP contribution in [-0.4, -0.2) is 17.6 Å². The second-order valence-electron chi connectivity index (χ2n) is 2.35. The molecule has 0 N–H and O–H groups in total. The number of hydrogen-bond donors (Lipinski definition) is 0. The van der Waals surface area contributed by atoms with Crippen LogP contribution in [0.25, 0.3) is 0 Å². The summed E-state index contributed by atoms with van der Waals surface area (Å²) in [6, 6.07) is 3.26. The topological polar surface area (TPSA) is 63.0 Å². The van der Waals surface area contributed by atoms with E-state index in [1.807, 2.05) is 6.07 Å². The number of hydrogen-bond acceptors (Lipinski definition) is 4. The zero-order valence-corrected chi connectivity index (χ0v) is 8.21. The lowest BCUT2D eigenvalue weighted by atomic mass is 10.2. The Bertz CT molecular complexity index is 398. The number of esters is 1. The molecule has 1 heterocycles. The molecule has 72 valence electrons. The molecule has 5 heteroatoms. The van der Waals surface area contributed by atoms with Crippen molar-refractivity contribution in [3.63, 3.8) is 0 Å². The normalized spacial score (nSPS) is 9.21. The van der Waals surface area contributed by atoms with E-state index in [1.165, 1.54) is 12.3 Å². The van der Waals surface area contributed by atoms with Crippen molar-refractivity contribution in [3.8, 4) is 6.07 Å². The van der Waals surface area contributed by atoms with E-state index in [9.17, 15) is 4.79 Å². The molecule has 0 aliphatic rings. The fraction of sp³-hybridized carbons (Fsp3) is 0.222. The predicted molar refractivity (Wildman–Crippen MR) is 49.9 cm³/mol. The molecule has 0 unspecified atom stereocenters. The van der Waals surface area contributed by atoms with Gasteiger partial charge < -0.3 is 4.74 Å². The molecule has 0 amide bonds. The van der Waals surface area contributed by atoms with E-state index in [2.05, 4.69) is 4.98 Å². The van der Waals surface area contributed by atoms with Gasteiger partial charge in [-0.2, -0.15) is 5.26 Å². The van der Waals surface area contributed by atoms with Crippen molar-refractivity contribution < 1.29 is 9.53 Å². The van der Waals surface area contributed by atoms with Gasteiger partial charge in [0.2, 0.25) is 0 Å². The Balaban J connectivity index is 3.15. The van der Waals surface area contributed by atoms with Crippen molar-refractivity contribution in [2.75, 3.05) is 6.61 Å². The molecule has 0 radical (unpaired) electrons. The average Bonchev–Trinajstić information content (AvgIpc) is 2.17. The highest BCUT2D eigenvalue weighted by molar-refractivity contribution is 6.32. The summed E-state index contributed by atoms with van der Waals surface area (Å²) < 4.78 is 4.71. The first kappa shape index (κ1) is 10.5. The second-order valence-corrected chi connectivity index (χ2v) is 2.76. The van der Waals surface area contributed by atoms with E-state index in [0.29, 0.717) is 0 Å². The van der Waals surface area contributed by atoms with Crippen molar-refractivity contribution in [1.82, 2.24) is 4.98 Å². The Morgan fingerprint density at radius 3 is 3.07 bits per heavy atom. The molecule has 1 rings (SSSR count). The standard InChI is InChI=1S/C9H7ClN2O2/c1-2-14-9(13)8-6(5-11)7(10)3-4-12-8/h3-4H,2H2,1H3. The summed E-state index contributed by atoms with van der Waals surface area (Å²) in [7, 11) is 0. The van der Waals surface area contributed by atoms with Crippen molar-refractivity contribution in [2.24, 2.45) is 0 Å². The van der Waals surface area contributed by atoms with Crippen LogP contribution in [0.4, 0.5) is 0 Å². The number of pyridine rings is 1. The van der Waals surface area contributed by atoms with Crippen molar-refractivity contribution >= 4 is 17.6 Å². The van der Waals surface area contributed by atoms with Gasteiger partial charge in [-0.15, -0.1) is 0 Å². The molecular formula is C9H7ClN2O2. The molecule has 1 aromatic heterocycles. The third kappa shape index (κ3) is 2.01. The third-order valence-corrected chi connectivity index (χ3v) is 1.80. The molecule has 0 aliphatic carbocycles. The van der Waals surface area contributed by atoms with E-state index in [4.69, 9.17) is 21.6 Å². The van der Waals surface area contributed by atoms with Crippen LogP contribution < -0.4 is 0 Å². The van der Waals surface area contributed by atoms with Gasteiger partial charge in [-0.3, -0.25) is 0 Å². The predicted octanol–water partition coefficient (Wildman–Crippen LogP) is 1.78. The lowest BCUT2D eigenvalue weighted by molar-refractivity contribution is 0.0519. The largest absolute Gasteiger partial charge is 0.461 e. The minimum atomic E-state index is -0.633. The minimum absolute atomic E-state index is 0.0400. The van der Waals surface area contributed by atoms with Crippen LogP contribution in [0.1, 0.15) is 23.0 Å². The number of nitriles is 1. The molecule has 14 heavy (non-hydrogen) atoms. The van der Waals surface area contributed by atoms with Crippen LogP contribution in [-0.2, 0) is 4.74 Å². The van der Waals surface area contributed by atoms with Crippen LogP contribution in [0, 0.1) is 11.3 Å². The van der Waals surface area contributed by atoms with E-state index < -0.39 is 5.97 Å². The summed E-state index contributed by atoms with van der Waals surface area (Å²) in [4.78, 5) is 15.0. The minimum Gasteiger partial charge on any atom is -0.461 e. The fourth-order valence-corrected chi connectivity index (χ4v) is 1.09. The molecule has 0 aromatic carbocycles. The quantitative estimate of drug-likeness (QED) is 0.698. The van der Waals surface area contributed by atoms with Gasteiger partial charge in [0.25, 0.3) is 0 Å². The highest BCUT2D eigenvalue weighted by atomic mass is 35.5. The summed E-state index contributed by atoms with van der Waals surface area (Å²) in [6.07, 6.45) is 1.36. The Morgan fingerprint density at radius 2 is 2.50 bits per heavy atom. The van der Waals surface area contributed by atoms with Gasteiger partial charge in [-0.25, -0.2) is 9.78 Å². The maximum atomic E-state index is 11.3. The molecule has 0 atom stereocenters. The SMILES string of the molecule is CCOC(=O)c1nccc(Cl)c1C#N. The molecule has 1 aromatic rings. The summed E-state index contributed by atoms with van der Waals surface area (Å²) in [5.74, 6) is -0.633. The third-order valence-electron chi connectivity index (χ3n) is 1.48. The van der Waals surface area contributed by atoms with E-state index in [1.54, 1.807) is 6.92 Å². The monoisotopic (exact) mass is 210 g/mol. The lowest BCUT2D eigenvalue weighted by Gasteiger charge is -2.02. The first-order valence-corrected chi connectivity index (χ1v) is 4.30. The zero-order chi connectivity index (χ0) is 10.6. The zero-order valence-electron chi connectivity index (χ0n) is 7.45. The fourth-order valence-electron chi connectivity index (χ4n) is 0.899. The number of carbonyl (C=O) groups is 1. The van der Waals surface area contributed by atoms with Crippen LogP contribution in [0.5, 0.6) is 0 Å². The summed E-state index contributed by atoms with van der Waals surface area (Å²) in [5, 5.41) is 8.93. The van der Waals surface area contributed by atoms with E-state index in [-0.39, 0.29) is 22.9 Å². The molecule has 0 aliphatic heterocycles.